The van der Waals surface area contributed by atoms with Crippen molar-refractivity contribution < 1.29 is 32.0 Å². The van der Waals surface area contributed by atoms with Gasteiger partial charge in [-0.05, 0) is 12.1 Å². The first-order valence-corrected chi connectivity index (χ1v) is 8.27. The number of fused-ring (bicyclic) bond motifs is 1. The predicted octanol–water partition coefficient (Wildman–Crippen LogP) is 2.45. The van der Waals surface area contributed by atoms with E-state index in [1.165, 1.54) is 0 Å². The van der Waals surface area contributed by atoms with Crippen LogP contribution in [0.4, 0.5) is 18.0 Å². The fourth-order valence-electron chi connectivity index (χ4n) is 2.08. The van der Waals surface area contributed by atoms with Gasteiger partial charge in [0.1, 0.15) is 0 Å². The largest absolute Gasteiger partial charge is 0.511 e. The lowest BCUT2D eigenvalue weighted by atomic mass is 10.2. The summed E-state index contributed by atoms with van der Waals surface area (Å²) in [5.74, 6) is -0.326. The fraction of sp³-hybridized carbons (Fsp3) is 0.0769. The van der Waals surface area contributed by atoms with E-state index in [2.05, 4.69) is 19.8 Å². The number of halogens is 4. The standard InChI is InChI=1S/C13H6ClF3N4O5S/c14-7-2-8-6(1-9(7)27(25)13(15,16)17)10(22)20-11(19-8)21-4-5(3-18-21)26-12(23)24/h1-4H,(H,23,24)(H,19,20,22). The fourth-order valence-corrected chi connectivity index (χ4v) is 3.16. The molecule has 2 aromatic heterocycles. The van der Waals surface area contributed by atoms with Crippen LogP contribution in [0.25, 0.3) is 16.9 Å². The predicted molar refractivity (Wildman–Crippen MR) is 85.6 cm³/mol. The Morgan fingerprint density at radius 1 is 1.37 bits per heavy atom. The van der Waals surface area contributed by atoms with Gasteiger partial charge in [-0.15, -0.1) is 0 Å². The molecule has 3 rings (SSSR count). The summed E-state index contributed by atoms with van der Waals surface area (Å²) in [6.07, 6.45) is 0.569. The summed E-state index contributed by atoms with van der Waals surface area (Å²) < 4.78 is 54.9. The van der Waals surface area contributed by atoms with E-state index in [-0.39, 0.29) is 22.6 Å². The maximum Gasteiger partial charge on any atom is 0.511 e. The molecule has 1 unspecified atom stereocenters. The summed E-state index contributed by atoms with van der Waals surface area (Å²) in [6, 6.07) is 1.71. The zero-order chi connectivity index (χ0) is 19.9. The Balaban J connectivity index is 2.10. The second-order valence-corrected chi connectivity index (χ2v) is 6.74. The van der Waals surface area contributed by atoms with Crippen molar-refractivity contribution in [2.45, 2.75) is 10.4 Å². The second kappa shape index (κ2) is 6.66. The van der Waals surface area contributed by atoms with E-state index in [0.717, 1.165) is 29.2 Å². The van der Waals surface area contributed by atoms with Crippen LogP contribution < -0.4 is 10.3 Å². The van der Waals surface area contributed by atoms with Crippen molar-refractivity contribution in [1.29, 1.82) is 0 Å². The van der Waals surface area contributed by atoms with Crippen molar-refractivity contribution in [1.82, 2.24) is 19.7 Å². The van der Waals surface area contributed by atoms with Crippen LogP contribution in [0.2, 0.25) is 5.02 Å². The first-order valence-electron chi connectivity index (χ1n) is 6.74. The molecule has 14 heteroatoms. The molecule has 0 saturated heterocycles. The van der Waals surface area contributed by atoms with Crippen LogP contribution in [0.5, 0.6) is 5.75 Å². The quantitative estimate of drug-likeness (QED) is 0.620. The highest BCUT2D eigenvalue weighted by atomic mass is 35.5. The number of nitrogens with zero attached hydrogens (tertiary/aromatic N) is 3. The number of aromatic nitrogens is 4. The summed E-state index contributed by atoms with van der Waals surface area (Å²) in [6.45, 7) is 0. The van der Waals surface area contributed by atoms with Gasteiger partial charge in [0.25, 0.3) is 5.56 Å². The number of benzene rings is 1. The van der Waals surface area contributed by atoms with Crippen LogP contribution in [0.1, 0.15) is 0 Å². The summed E-state index contributed by atoms with van der Waals surface area (Å²) in [7, 11) is -3.42. The summed E-state index contributed by atoms with van der Waals surface area (Å²) in [5.41, 5.74) is -5.98. The molecule has 0 saturated carbocycles. The van der Waals surface area contributed by atoms with Gasteiger partial charge >= 0.3 is 11.7 Å². The number of nitrogens with one attached hydrogen (secondary N) is 1. The number of rotatable bonds is 3. The summed E-state index contributed by atoms with van der Waals surface area (Å²) >= 11 is 5.76. The van der Waals surface area contributed by atoms with Gasteiger partial charge in [0.15, 0.2) is 16.5 Å². The lowest BCUT2D eigenvalue weighted by Gasteiger charge is -2.09. The smallest absolute Gasteiger partial charge is 0.449 e. The lowest BCUT2D eigenvalue weighted by molar-refractivity contribution is -0.0384. The first-order chi connectivity index (χ1) is 12.6. The lowest BCUT2D eigenvalue weighted by Crippen LogP contribution is -2.18. The monoisotopic (exact) mass is 422 g/mol. The number of alkyl halides is 3. The molecule has 0 aliphatic rings. The molecule has 2 N–H and O–H groups in total. The van der Waals surface area contributed by atoms with Gasteiger partial charge in [-0.25, -0.2) is 18.7 Å². The van der Waals surface area contributed by atoms with Crippen molar-refractivity contribution in [3.63, 3.8) is 0 Å². The highest BCUT2D eigenvalue weighted by Gasteiger charge is 2.39. The van der Waals surface area contributed by atoms with E-state index < -0.39 is 37.9 Å². The average Bonchev–Trinajstić information content (AvgIpc) is 3.00. The summed E-state index contributed by atoms with van der Waals surface area (Å²) in [4.78, 5) is 28.2. The van der Waals surface area contributed by atoms with Gasteiger partial charge in [0, 0.05) is 0 Å². The van der Waals surface area contributed by atoms with Crippen LogP contribution >= 0.6 is 11.6 Å². The number of ether oxygens (including phenoxy) is 1. The normalized spacial score (nSPS) is 12.9. The molecule has 142 valence electrons. The molecule has 9 nitrogen and oxygen atoms in total. The second-order valence-electron chi connectivity index (χ2n) is 4.89. The molecule has 0 spiro atoms. The molecule has 0 fully saturated rings. The Hall–Kier alpha value is -2.93. The molecule has 1 atom stereocenters. The van der Waals surface area contributed by atoms with E-state index in [1.807, 2.05) is 0 Å². The number of hydrogen-bond donors (Lipinski definition) is 2. The molecule has 0 aliphatic carbocycles. The van der Waals surface area contributed by atoms with Crippen LogP contribution in [0.3, 0.4) is 0 Å². The number of H-pyrrole nitrogens is 1. The average molecular weight is 423 g/mol. The van der Waals surface area contributed by atoms with Gasteiger partial charge in [-0.3, -0.25) is 9.78 Å². The van der Waals surface area contributed by atoms with Crippen LogP contribution in [0, 0.1) is 0 Å². The maximum atomic E-state index is 12.7. The molecule has 0 radical (unpaired) electrons. The molecule has 0 aliphatic heterocycles. The third-order valence-electron chi connectivity index (χ3n) is 3.14. The van der Waals surface area contributed by atoms with Crippen LogP contribution in [0.15, 0.2) is 34.2 Å². The maximum absolute atomic E-state index is 12.7. The molecule has 3 aromatic rings. The molecular weight excluding hydrogens is 417 g/mol. The van der Waals surface area contributed by atoms with E-state index in [1.54, 1.807) is 0 Å². The van der Waals surface area contributed by atoms with Crippen molar-refractivity contribution in [3.8, 4) is 11.7 Å². The molecule has 0 amide bonds. The van der Waals surface area contributed by atoms with E-state index >= 15 is 0 Å². The molecule has 2 heterocycles. The van der Waals surface area contributed by atoms with Gasteiger partial charge in [0.05, 0.1) is 33.2 Å². The van der Waals surface area contributed by atoms with E-state index in [9.17, 15) is 27.0 Å². The van der Waals surface area contributed by atoms with E-state index in [0.29, 0.717) is 0 Å². The van der Waals surface area contributed by atoms with Gasteiger partial charge < -0.3 is 9.84 Å². The van der Waals surface area contributed by atoms with E-state index in [4.69, 9.17) is 16.7 Å². The van der Waals surface area contributed by atoms with Gasteiger partial charge in [-0.1, -0.05) is 11.6 Å². The molecule has 27 heavy (non-hydrogen) atoms. The van der Waals surface area contributed by atoms with Gasteiger partial charge in [-0.2, -0.15) is 18.3 Å². The third-order valence-corrected chi connectivity index (χ3v) is 4.72. The Morgan fingerprint density at radius 2 is 2.07 bits per heavy atom. The number of carbonyl (C=O) groups is 1. The number of hydrogen-bond acceptors (Lipinski definition) is 6. The van der Waals surface area contributed by atoms with Crippen LogP contribution in [-0.2, 0) is 10.8 Å². The highest BCUT2D eigenvalue weighted by molar-refractivity contribution is 7.86. The van der Waals surface area contributed by atoms with Crippen molar-refractivity contribution in [2.24, 2.45) is 0 Å². The number of carboxylic acid groups (broad SMARTS) is 1. The first kappa shape index (κ1) is 18.8. The van der Waals surface area contributed by atoms with Crippen molar-refractivity contribution in [3.05, 3.63) is 39.9 Å². The molecular formula is C13H6ClF3N4O5S. The minimum Gasteiger partial charge on any atom is -0.449 e. The SMILES string of the molecule is O=C(O)Oc1cnn(-c2nc3cc(Cl)c(S(=O)C(F)(F)F)cc3c(=O)[nH]2)c1. The topological polar surface area (TPSA) is 127 Å². The number of aromatic amines is 1. The minimum absolute atomic E-state index is 0.0853. The van der Waals surface area contributed by atoms with Crippen molar-refractivity contribution >= 4 is 39.5 Å². The van der Waals surface area contributed by atoms with Crippen molar-refractivity contribution in [2.75, 3.05) is 0 Å². The molecule has 0 bridgehead atoms. The Morgan fingerprint density at radius 3 is 2.70 bits per heavy atom. The van der Waals surface area contributed by atoms with Gasteiger partial charge in [0.2, 0.25) is 5.95 Å². The summed E-state index contributed by atoms with van der Waals surface area (Å²) in [5, 5.41) is 11.5. The highest BCUT2D eigenvalue weighted by Crippen LogP contribution is 2.32. The zero-order valence-corrected chi connectivity index (χ0v) is 14.2. The molecule has 1 aromatic carbocycles. The zero-order valence-electron chi connectivity index (χ0n) is 12.7. The Bertz CT molecular complexity index is 1140. The third kappa shape index (κ3) is 3.78. The Kier molecular flexibility index (Phi) is 4.65. The van der Waals surface area contributed by atoms with Crippen LogP contribution in [-0.4, -0.2) is 40.7 Å². The Labute approximate surface area is 153 Å². The minimum atomic E-state index is -5.05.